The predicted molar refractivity (Wildman–Crippen MR) is 192 cm³/mol. The topological polar surface area (TPSA) is 64.3 Å². The Morgan fingerprint density at radius 2 is 0.830 bits per heavy atom. The average molecular weight is 618 g/mol. The molecular formula is C41H39N5O. The normalized spacial score (nSPS) is 10.8. The molecule has 5 aromatic carbocycles. The summed E-state index contributed by atoms with van der Waals surface area (Å²) in [6.45, 7) is 3.01. The van der Waals surface area contributed by atoms with Crippen LogP contribution in [0.1, 0.15) is 33.5 Å². The second kappa shape index (κ2) is 18.1. The molecule has 0 aliphatic heterocycles. The number of pyridine rings is 1. The van der Waals surface area contributed by atoms with Crippen molar-refractivity contribution in [2.75, 3.05) is 0 Å². The molecule has 0 bridgehead atoms. The van der Waals surface area contributed by atoms with Crippen molar-refractivity contribution in [3.63, 3.8) is 0 Å². The molecular weight excluding hydrogens is 578 g/mol. The molecule has 0 saturated carbocycles. The fourth-order valence-corrected chi connectivity index (χ4v) is 4.75. The summed E-state index contributed by atoms with van der Waals surface area (Å²) in [4.78, 5) is 4.29. The third-order valence-electron chi connectivity index (χ3n) is 7.14. The molecule has 1 heterocycles. The van der Waals surface area contributed by atoms with Crippen LogP contribution in [0.2, 0.25) is 0 Å². The van der Waals surface area contributed by atoms with Gasteiger partial charge in [0.1, 0.15) is 5.75 Å². The summed E-state index contributed by atoms with van der Waals surface area (Å²) < 4.78 is 0. The zero-order valence-electron chi connectivity index (χ0n) is 26.3. The van der Waals surface area contributed by atoms with E-state index in [4.69, 9.17) is 0 Å². The van der Waals surface area contributed by atoms with Gasteiger partial charge in [0.25, 0.3) is 0 Å². The maximum atomic E-state index is 9.37. The summed E-state index contributed by atoms with van der Waals surface area (Å²) in [6.07, 6.45) is 5.41. The number of nitrogens with zero attached hydrogens (tertiary/aromatic N) is 5. The summed E-state index contributed by atoms with van der Waals surface area (Å²) in [7, 11) is 0. The quantitative estimate of drug-likeness (QED) is 0.110. The molecule has 0 amide bonds. The molecule has 0 unspecified atom stereocenters. The first-order valence-electron chi connectivity index (χ1n) is 15.6. The summed E-state index contributed by atoms with van der Waals surface area (Å²) in [5.74, 6) is 0.262. The second-order valence-corrected chi connectivity index (χ2v) is 10.9. The summed E-state index contributed by atoms with van der Waals surface area (Å²) in [5.41, 5.74) is 6.73. The Morgan fingerprint density at radius 3 is 1.21 bits per heavy atom. The number of hydrazone groups is 2. The van der Waals surface area contributed by atoms with Gasteiger partial charge in [0.15, 0.2) is 0 Å². The van der Waals surface area contributed by atoms with E-state index in [9.17, 15) is 5.11 Å². The molecule has 0 radical (unpaired) electrons. The molecule has 6 heteroatoms. The van der Waals surface area contributed by atoms with E-state index < -0.39 is 0 Å². The van der Waals surface area contributed by atoms with Crippen LogP contribution < -0.4 is 0 Å². The maximum Gasteiger partial charge on any atom is 0.115 e. The first kappa shape index (κ1) is 32.4. The van der Waals surface area contributed by atoms with Crippen LogP contribution >= 0.6 is 0 Å². The molecule has 0 fully saturated rings. The van der Waals surface area contributed by atoms with Crippen LogP contribution in [0.15, 0.2) is 180 Å². The van der Waals surface area contributed by atoms with Crippen LogP contribution in [0.5, 0.6) is 5.75 Å². The van der Waals surface area contributed by atoms with E-state index in [0.29, 0.717) is 0 Å². The number of aromatic hydroxyl groups is 1. The molecule has 6 aromatic rings. The van der Waals surface area contributed by atoms with Gasteiger partial charge >= 0.3 is 0 Å². The van der Waals surface area contributed by atoms with Gasteiger partial charge in [-0.2, -0.15) is 10.2 Å². The summed E-state index contributed by atoms with van der Waals surface area (Å²) >= 11 is 0. The van der Waals surface area contributed by atoms with Crippen molar-refractivity contribution in [1.82, 2.24) is 15.0 Å². The first-order chi connectivity index (χ1) is 23.2. The number of benzene rings is 5. The van der Waals surface area contributed by atoms with Crippen molar-refractivity contribution in [2.45, 2.75) is 26.2 Å². The molecule has 1 aromatic heterocycles. The number of aromatic nitrogens is 1. The van der Waals surface area contributed by atoms with Gasteiger partial charge in [-0.15, -0.1) is 0 Å². The van der Waals surface area contributed by atoms with E-state index in [2.05, 4.69) is 93.0 Å². The Bertz CT molecular complexity index is 1680. The predicted octanol–water partition coefficient (Wildman–Crippen LogP) is 8.55. The van der Waals surface area contributed by atoms with Crippen LogP contribution in [-0.4, -0.2) is 32.5 Å². The Balaban J connectivity index is 0.000000185. The zero-order valence-corrected chi connectivity index (χ0v) is 26.3. The Kier molecular flexibility index (Phi) is 12.5. The van der Waals surface area contributed by atoms with Gasteiger partial charge in [-0.05, 0) is 64.2 Å². The molecule has 0 saturated heterocycles. The molecule has 1 N–H and O–H groups in total. The van der Waals surface area contributed by atoms with Gasteiger partial charge in [0, 0.05) is 6.20 Å². The van der Waals surface area contributed by atoms with E-state index >= 15 is 0 Å². The average Bonchev–Trinajstić information content (AvgIpc) is 3.13. The van der Waals surface area contributed by atoms with Crippen molar-refractivity contribution in [3.8, 4) is 5.75 Å². The summed E-state index contributed by atoms with van der Waals surface area (Å²) in [6, 6.07) is 54.2. The lowest BCUT2D eigenvalue weighted by Gasteiger charge is -2.19. The van der Waals surface area contributed by atoms with Crippen molar-refractivity contribution < 1.29 is 5.11 Å². The minimum atomic E-state index is 0.262. The van der Waals surface area contributed by atoms with E-state index in [0.717, 1.165) is 37.4 Å². The third-order valence-corrected chi connectivity index (χ3v) is 7.14. The molecule has 6 nitrogen and oxygen atoms in total. The highest BCUT2D eigenvalue weighted by atomic mass is 16.3. The second-order valence-electron chi connectivity index (χ2n) is 10.9. The number of rotatable bonds is 12. The molecule has 0 atom stereocenters. The van der Waals surface area contributed by atoms with Crippen molar-refractivity contribution >= 4 is 12.4 Å². The van der Waals surface area contributed by atoms with E-state index in [1.807, 2.05) is 96.3 Å². The van der Waals surface area contributed by atoms with Crippen molar-refractivity contribution in [2.24, 2.45) is 10.2 Å². The maximum absolute atomic E-state index is 9.37. The van der Waals surface area contributed by atoms with Gasteiger partial charge in [-0.1, -0.05) is 127 Å². The lowest BCUT2D eigenvalue weighted by Crippen LogP contribution is -2.17. The molecule has 6 rings (SSSR count). The molecule has 47 heavy (non-hydrogen) atoms. The largest absolute Gasteiger partial charge is 0.508 e. The smallest absolute Gasteiger partial charge is 0.115 e. The number of hydrogen-bond acceptors (Lipinski definition) is 6. The lowest BCUT2D eigenvalue weighted by atomic mass is 10.2. The molecule has 0 spiro atoms. The highest BCUT2D eigenvalue weighted by molar-refractivity contribution is 5.79. The van der Waals surface area contributed by atoms with Gasteiger partial charge in [0.05, 0.1) is 44.3 Å². The van der Waals surface area contributed by atoms with Gasteiger partial charge in [0.2, 0.25) is 0 Å². The Morgan fingerprint density at radius 1 is 0.447 bits per heavy atom. The molecule has 234 valence electrons. The van der Waals surface area contributed by atoms with Crippen LogP contribution in [0.3, 0.4) is 0 Å². The van der Waals surface area contributed by atoms with Crippen molar-refractivity contribution in [1.29, 1.82) is 0 Å². The molecule has 0 aliphatic carbocycles. The van der Waals surface area contributed by atoms with E-state index in [-0.39, 0.29) is 5.75 Å². The van der Waals surface area contributed by atoms with Crippen LogP contribution in [0, 0.1) is 0 Å². The SMILES string of the molecule is C(=N/N(Cc1ccccc1)Cc1ccccc1)/c1ccccn1.Oc1ccc(/C=N\N(Cc2ccccc2)Cc2ccccc2)cc1. The van der Waals surface area contributed by atoms with Crippen LogP contribution in [-0.2, 0) is 26.2 Å². The zero-order chi connectivity index (χ0) is 32.4. The standard InChI is InChI=1S/C21H20N2O.C20H19N3/c24-21-13-11-18(12-14-21)15-22-23(16-19-7-3-1-4-8-19)17-20-9-5-2-6-10-20;1-3-9-18(10-4-1)16-23(17-19-11-5-2-6-12-19)22-15-20-13-7-8-14-21-20/h1-15,24H,16-17H2;1-15H,16-17H2/b2*22-15-. The van der Waals surface area contributed by atoms with Gasteiger partial charge < -0.3 is 5.11 Å². The van der Waals surface area contributed by atoms with Crippen LogP contribution in [0.25, 0.3) is 0 Å². The third kappa shape index (κ3) is 11.8. The van der Waals surface area contributed by atoms with Gasteiger partial charge in [-0.25, -0.2) is 0 Å². The van der Waals surface area contributed by atoms with Crippen molar-refractivity contribution in [3.05, 3.63) is 203 Å². The Labute approximate surface area is 277 Å². The van der Waals surface area contributed by atoms with E-state index in [1.54, 1.807) is 18.3 Å². The fourth-order valence-electron chi connectivity index (χ4n) is 4.75. The number of phenolic OH excluding ortho intramolecular Hbond substituents is 1. The minimum Gasteiger partial charge on any atom is -0.508 e. The van der Waals surface area contributed by atoms with Gasteiger partial charge in [-0.3, -0.25) is 15.0 Å². The number of hydrogen-bond donors (Lipinski definition) is 1. The highest BCUT2D eigenvalue weighted by Gasteiger charge is 2.05. The lowest BCUT2D eigenvalue weighted by molar-refractivity contribution is 0.272. The molecule has 0 aliphatic rings. The fraction of sp³-hybridized carbons (Fsp3) is 0.0976. The van der Waals surface area contributed by atoms with Crippen LogP contribution in [0.4, 0.5) is 0 Å². The number of phenols is 1. The monoisotopic (exact) mass is 617 g/mol. The Hall–Kier alpha value is -6.01. The first-order valence-corrected chi connectivity index (χ1v) is 15.6. The highest BCUT2D eigenvalue weighted by Crippen LogP contribution is 2.13. The minimum absolute atomic E-state index is 0.262. The summed E-state index contributed by atoms with van der Waals surface area (Å²) in [5, 5.41) is 22.7. The van der Waals surface area contributed by atoms with E-state index in [1.165, 1.54) is 22.3 Å².